The molecule has 140 valence electrons. The van der Waals surface area contributed by atoms with E-state index >= 15 is 0 Å². The first-order chi connectivity index (χ1) is 13.1. The van der Waals surface area contributed by atoms with E-state index < -0.39 is 0 Å². The van der Waals surface area contributed by atoms with Gasteiger partial charge in [0.1, 0.15) is 12.7 Å². The number of carbonyl (C=O) groups is 1. The van der Waals surface area contributed by atoms with Crippen LogP contribution in [0.3, 0.4) is 0 Å². The average molecular weight is 404 g/mol. The highest BCUT2D eigenvalue weighted by Gasteiger charge is 2.26. The van der Waals surface area contributed by atoms with Gasteiger partial charge in [-0.2, -0.15) is 0 Å². The summed E-state index contributed by atoms with van der Waals surface area (Å²) >= 11 is 7.52. The SMILES string of the molecule is Cc1ccc(-n2cnnc2SCC(=O)NCc2nncn2C2CC2)cc1Cl. The first-order valence-electron chi connectivity index (χ1n) is 8.56. The minimum absolute atomic E-state index is 0.0955. The normalized spacial score (nSPS) is 13.7. The Morgan fingerprint density at radius 2 is 2.11 bits per heavy atom. The van der Waals surface area contributed by atoms with E-state index in [-0.39, 0.29) is 11.7 Å². The lowest BCUT2D eigenvalue weighted by Gasteiger charge is -2.08. The monoisotopic (exact) mass is 403 g/mol. The number of hydrogen-bond acceptors (Lipinski definition) is 6. The van der Waals surface area contributed by atoms with Crippen LogP contribution in [-0.4, -0.2) is 41.2 Å². The van der Waals surface area contributed by atoms with Crippen molar-refractivity contribution in [2.24, 2.45) is 0 Å². The third-order valence-corrected chi connectivity index (χ3v) is 5.66. The lowest BCUT2D eigenvalue weighted by molar-refractivity contribution is -0.118. The number of aromatic nitrogens is 6. The highest BCUT2D eigenvalue weighted by Crippen LogP contribution is 2.35. The summed E-state index contributed by atoms with van der Waals surface area (Å²) < 4.78 is 3.85. The van der Waals surface area contributed by atoms with Gasteiger partial charge in [0.2, 0.25) is 5.91 Å². The number of hydrogen-bond donors (Lipinski definition) is 1. The first-order valence-corrected chi connectivity index (χ1v) is 9.92. The van der Waals surface area contributed by atoms with Gasteiger partial charge in [-0.15, -0.1) is 20.4 Å². The van der Waals surface area contributed by atoms with Crippen molar-refractivity contribution in [2.45, 2.75) is 37.5 Å². The Labute approximate surface area is 165 Å². The van der Waals surface area contributed by atoms with Gasteiger partial charge in [0, 0.05) is 11.1 Å². The Bertz CT molecular complexity index is 966. The fourth-order valence-corrected chi connectivity index (χ4v) is 3.57. The molecule has 4 rings (SSSR count). The Kier molecular flexibility index (Phi) is 5.13. The zero-order chi connectivity index (χ0) is 18.8. The molecule has 1 aromatic carbocycles. The van der Waals surface area contributed by atoms with Crippen LogP contribution in [0.2, 0.25) is 5.02 Å². The number of carbonyl (C=O) groups excluding carboxylic acids is 1. The molecule has 0 aliphatic heterocycles. The molecule has 10 heteroatoms. The number of halogens is 1. The molecule has 2 aromatic heterocycles. The van der Waals surface area contributed by atoms with Crippen LogP contribution in [-0.2, 0) is 11.3 Å². The second kappa shape index (κ2) is 7.69. The quantitative estimate of drug-likeness (QED) is 0.610. The molecule has 0 bridgehead atoms. The molecule has 1 saturated carbocycles. The maximum absolute atomic E-state index is 12.2. The predicted molar refractivity (Wildman–Crippen MR) is 102 cm³/mol. The van der Waals surface area contributed by atoms with Crippen LogP contribution in [0.25, 0.3) is 5.69 Å². The van der Waals surface area contributed by atoms with Crippen LogP contribution in [0, 0.1) is 6.92 Å². The maximum Gasteiger partial charge on any atom is 0.230 e. The van der Waals surface area contributed by atoms with E-state index in [0.717, 1.165) is 29.9 Å². The van der Waals surface area contributed by atoms with Crippen LogP contribution in [0.4, 0.5) is 0 Å². The van der Waals surface area contributed by atoms with Crippen molar-refractivity contribution in [1.82, 2.24) is 34.8 Å². The van der Waals surface area contributed by atoms with Gasteiger partial charge in [-0.1, -0.05) is 29.4 Å². The van der Waals surface area contributed by atoms with Gasteiger partial charge >= 0.3 is 0 Å². The molecular formula is C17H18ClN7OS. The fraction of sp³-hybridized carbons (Fsp3) is 0.353. The van der Waals surface area contributed by atoms with Crippen LogP contribution >= 0.6 is 23.4 Å². The molecule has 2 heterocycles. The van der Waals surface area contributed by atoms with Gasteiger partial charge < -0.3 is 9.88 Å². The van der Waals surface area contributed by atoms with Crippen LogP contribution in [0.5, 0.6) is 0 Å². The molecule has 0 radical (unpaired) electrons. The molecule has 3 aromatic rings. The standard InChI is InChI=1S/C17H18ClN7OS/c1-11-2-3-13(6-14(11)18)25-10-21-23-17(25)27-8-16(26)19-7-15-22-20-9-24(15)12-4-5-12/h2-3,6,9-10,12H,4-5,7-8H2,1H3,(H,19,26). The highest BCUT2D eigenvalue weighted by atomic mass is 35.5. The molecule has 0 spiro atoms. The summed E-state index contributed by atoms with van der Waals surface area (Å²) in [6.45, 7) is 2.32. The largest absolute Gasteiger partial charge is 0.348 e. The Morgan fingerprint density at radius 1 is 1.30 bits per heavy atom. The molecule has 1 fully saturated rings. The second-order valence-corrected chi connectivity index (χ2v) is 7.72. The van der Waals surface area contributed by atoms with Crippen LogP contribution in [0.15, 0.2) is 36.0 Å². The fourth-order valence-electron chi connectivity index (χ4n) is 2.64. The van der Waals surface area contributed by atoms with Crippen molar-refractivity contribution >= 4 is 29.3 Å². The smallest absolute Gasteiger partial charge is 0.230 e. The maximum atomic E-state index is 12.2. The van der Waals surface area contributed by atoms with Gasteiger partial charge in [-0.25, -0.2) is 0 Å². The molecule has 27 heavy (non-hydrogen) atoms. The van der Waals surface area contributed by atoms with Gasteiger partial charge in [0.05, 0.1) is 18.0 Å². The summed E-state index contributed by atoms with van der Waals surface area (Å²) in [5.74, 6) is 0.922. The summed E-state index contributed by atoms with van der Waals surface area (Å²) in [6.07, 6.45) is 5.63. The highest BCUT2D eigenvalue weighted by molar-refractivity contribution is 7.99. The Balaban J connectivity index is 1.35. The third-order valence-electron chi connectivity index (χ3n) is 4.31. The van der Waals surface area contributed by atoms with Gasteiger partial charge in [0.25, 0.3) is 0 Å². The molecule has 0 saturated heterocycles. The van der Waals surface area contributed by atoms with E-state index in [9.17, 15) is 4.79 Å². The molecule has 1 amide bonds. The van der Waals surface area contributed by atoms with Crippen molar-refractivity contribution in [1.29, 1.82) is 0 Å². The minimum atomic E-state index is -0.0955. The number of nitrogens with one attached hydrogen (secondary N) is 1. The van der Waals surface area contributed by atoms with Gasteiger partial charge in [0.15, 0.2) is 11.0 Å². The van der Waals surface area contributed by atoms with E-state index in [1.807, 2.05) is 34.3 Å². The number of benzene rings is 1. The minimum Gasteiger partial charge on any atom is -0.348 e. The Hall–Kier alpha value is -2.39. The molecule has 0 atom stereocenters. The molecular weight excluding hydrogens is 386 g/mol. The average Bonchev–Trinajstić information content (AvgIpc) is 3.21. The van der Waals surface area contributed by atoms with Crippen LogP contribution < -0.4 is 5.32 Å². The lowest BCUT2D eigenvalue weighted by Crippen LogP contribution is -2.26. The number of thioether (sulfide) groups is 1. The topological polar surface area (TPSA) is 90.5 Å². The summed E-state index contributed by atoms with van der Waals surface area (Å²) in [5, 5.41) is 20.2. The second-order valence-electron chi connectivity index (χ2n) is 6.37. The van der Waals surface area contributed by atoms with E-state index in [2.05, 4.69) is 25.7 Å². The van der Waals surface area contributed by atoms with Crippen molar-refractivity contribution in [3.8, 4) is 5.69 Å². The molecule has 0 unspecified atom stereocenters. The zero-order valence-corrected chi connectivity index (χ0v) is 16.2. The van der Waals surface area contributed by atoms with E-state index in [1.54, 1.807) is 12.7 Å². The molecule has 8 nitrogen and oxygen atoms in total. The van der Waals surface area contributed by atoms with E-state index in [1.165, 1.54) is 11.8 Å². The number of aryl methyl sites for hydroxylation is 1. The molecule has 1 N–H and O–H groups in total. The first kappa shape index (κ1) is 18.0. The lowest BCUT2D eigenvalue weighted by atomic mass is 10.2. The van der Waals surface area contributed by atoms with Crippen molar-refractivity contribution < 1.29 is 4.79 Å². The number of amides is 1. The van der Waals surface area contributed by atoms with Gasteiger partial charge in [-0.3, -0.25) is 9.36 Å². The van der Waals surface area contributed by atoms with Gasteiger partial charge in [-0.05, 0) is 37.5 Å². The summed E-state index contributed by atoms with van der Waals surface area (Å²) in [5.41, 5.74) is 1.86. The molecule has 1 aliphatic carbocycles. The predicted octanol–water partition coefficient (Wildman–Crippen LogP) is 2.56. The third kappa shape index (κ3) is 4.14. The van der Waals surface area contributed by atoms with Crippen molar-refractivity contribution in [3.05, 3.63) is 47.3 Å². The number of nitrogens with zero attached hydrogens (tertiary/aromatic N) is 6. The summed E-state index contributed by atoms with van der Waals surface area (Å²) in [7, 11) is 0. The zero-order valence-electron chi connectivity index (χ0n) is 14.7. The Morgan fingerprint density at radius 3 is 2.89 bits per heavy atom. The summed E-state index contributed by atoms with van der Waals surface area (Å²) in [4.78, 5) is 12.2. The van der Waals surface area contributed by atoms with Crippen LogP contribution in [0.1, 0.15) is 30.3 Å². The number of rotatable bonds is 7. The van der Waals surface area contributed by atoms with E-state index in [4.69, 9.17) is 11.6 Å². The summed E-state index contributed by atoms with van der Waals surface area (Å²) in [6, 6.07) is 6.23. The van der Waals surface area contributed by atoms with E-state index in [0.29, 0.717) is 22.8 Å². The molecule has 1 aliphatic rings. The van der Waals surface area contributed by atoms with Crippen molar-refractivity contribution in [3.63, 3.8) is 0 Å². The van der Waals surface area contributed by atoms with Crippen molar-refractivity contribution in [2.75, 3.05) is 5.75 Å².